The Morgan fingerprint density at radius 2 is 1.73 bits per heavy atom. The van der Waals surface area contributed by atoms with Crippen LogP contribution >= 0.6 is 0 Å². The van der Waals surface area contributed by atoms with Crippen molar-refractivity contribution in [2.24, 2.45) is 0 Å². The zero-order chi connectivity index (χ0) is 21.6. The van der Waals surface area contributed by atoms with Crippen LogP contribution in [0.1, 0.15) is 31.5 Å². The van der Waals surface area contributed by atoms with E-state index in [0.717, 1.165) is 43.0 Å². The molecular weight excluding hydrogens is 396 g/mol. The Morgan fingerprint density at radius 1 is 0.967 bits per heavy atom. The van der Waals surface area contributed by atoms with E-state index in [2.05, 4.69) is 47.1 Å². The molecule has 0 aliphatic rings. The smallest absolute Gasteiger partial charge is 0.178 e. The molecule has 0 saturated carbocycles. The van der Waals surface area contributed by atoms with Gasteiger partial charge in [0.15, 0.2) is 9.84 Å². The van der Waals surface area contributed by atoms with Crippen LogP contribution < -0.4 is 4.74 Å². The van der Waals surface area contributed by atoms with Gasteiger partial charge in [-0.1, -0.05) is 44.2 Å². The largest absolute Gasteiger partial charge is 0.496 e. The fraction of sp³-hybridized carbons (Fsp3) is 0.333. The molecular formula is C24H30N2O3S. The van der Waals surface area contributed by atoms with Crippen LogP contribution in [0.15, 0.2) is 65.6 Å². The molecule has 0 saturated heterocycles. The standard InChI is InChI=1S/C24H30N2O3S/c1-4-15-26(17-19-9-7-6-8-10-19)18-20-11-13-23(25-20)22-16-21(30(27,28)5-2)12-14-24(22)29-3/h6-14,16,25H,4-5,15,17-18H2,1-3H3. The fourth-order valence-electron chi connectivity index (χ4n) is 3.56. The van der Waals surface area contributed by atoms with E-state index in [9.17, 15) is 8.42 Å². The van der Waals surface area contributed by atoms with E-state index in [4.69, 9.17) is 4.74 Å². The minimum Gasteiger partial charge on any atom is -0.496 e. The number of ether oxygens (including phenoxy) is 1. The number of sulfone groups is 1. The molecule has 0 fully saturated rings. The van der Waals surface area contributed by atoms with Crippen molar-refractivity contribution in [3.8, 4) is 17.0 Å². The Bertz CT molecular complexity index is 1060. The van der Waals surface area contributed by atoms with Crippen molar-refractivity contribution in [3.05, 3.63) is 71.9 Å². The van der Waals surface area contributed by atoms with E-state index in [1.165, 1.54) is 5.56 Å². The fourth-order valence-corrected chi connectivity index (χ4v) is 4.47. The van der Waals surface area contributed by atoms with Crippen LogP contribution in [-0.4, -0.2) is 37.7 Å². The van der Waals surface area contributed by atoms with Crippen molar-refractivity contribution in [2.75, 3.05) is 19.4 Å². The zero-order valence-electron chi connectivity index (χ0n) is 17.9. The molecule has 1 heterocycles. The lowest BCUT2D eigenvalue weighted by Gasteiger charge is -2.21. The van der Waals surface area contributed by atoms with Gasteiger partial charge in [-0.3, -0.25) is 4.90 Å². The molecule has 1 N–H and O–H groups in total. The summed E-state index contributed by atoms with van der Waals surface area (Å²) in [5.41, 5.74) is 3.98. The number of hydrogen-bond donors (Lipinski definition) is 1. The van der Waals surface area contributed by atoms with E-state index in [-0.39, 0.29) is 5.75 Å². The number of H-pyrrole nitrogens is 1. The summed E-state index contributed by atoms with van der Waals surface area (Å²) in [6.07, 6.45) is 1.07. The third-order valence-electron chi connectivity index (χ3n) is 5.13. The van der Waals surface area contributed by atoms with Crippen molar-refractivity contribution in [2.45, 2.75) is 38.3 Å². The first-order chi connectivity index (χ1) is 14.5. The predicted molar refractivity (Wildman–Crippen MR) is 121 cm³/mol. The van der Waals surface area contributed by atoms with Gasteiger partial charge in [0.1, 0.15) is 5.75 Å². The first-order valence-corrected chi connectivity index (χ1v) is 12.0. The highest BCUT2D eigenvalue weighted by Crippen LogP contribution is 2.32. The summed E-state index contributed by atoms with van der Waals surface area (Å²) < 4.78 is 30.1. The quantitative estimate of drug-likeness (QED) is 0.501. The molecule has 160 valence electrons. The summed E-state index contributed by atoms with van der Waals surface area (Å²) in [7, 11) is -1.69. The first kappa shape index (κ1) is 22.1. The Hall–Kier alpha value is -2.57. The van der Waals surface area contributed by atoms with Gasteiger partial charge < -0.3 is 9.72 Å². The van der Waals surface area contributed by atoms with Gasteiger partial charge in [-0.05, 0) is 48.9 Å². The molecule has 0 unspecified atom stereocenters. The lowest BCUT2D eigenvalue weighted by atomic mass is 10.1. The molecule has 0 aliphatic carbocycles. The summed E-state index contributed by atoms with van der Waals surface area (Å²) in [5, 5.41) is 0. The van der Waals surface area contributed by atoms with E-state index in [1.807, 2.05) is 12.1 Å². The number of aromatic nitrogens is 1. The van der Waals surface area contributed by atoms with Gasteiger partial charge in [0, 0.05) is 30.0 Å². The number of methoxy groups -OCH3 is 1. The van der Waals surface area contributed by atoms with Gasteiger partial charge in [-0.25, -0.2) is 8.42 Å². The van der Waals surface area contributed by atoms with Crippen molar-refractivity contribution < 1.29 is 13.2 Å². The van der Waals surface area contributed by atoms with Crippen LogP contribution in [-0.2, 0) is 22.9 Å². The second-order valence-electron chi connectivity index (χ2n) is 7.36. The summed E-state index contributed by atoms with van der Waals surface area (Å²) in [6.45, 7) is 6.51. The second kappa shape index (κ2) is 9.96. The number of rotatable bonds is 10. The van der Waals surface area contributed by atoms with Crippen LogP contribution in [0, 0.1) is 0 Å². The number of benzene rings is 2. The third-order valence-corrected chi connectivity index (χ3v) is 6.86. The summed E-state index contributed by atoms with van der Waals surface area (Å²) in [4.78, 5) is 6.18. The van der Waals surface area contributed by atoms with Crippen molar-refractivity contribution >= 4 is 9.84 Å². The van der Waals surface area contributed by atoms with Crippen LogP contribution in [0.3, 0.4) is 0 Å². The summed E-state index contributed by atoms with van der Waals surface area (Å²) >= 11 is 0. The molecule has 0 aliphatic heterocycles. The Kier molecular flexibility index (Phi) is 7.34. The molecule has 0 bridgehead atoms. The molecule has 3 aromatic rings. The molecule has 0 spiro atoms. The normalized spacial score (nSPS) is 11.7. The summed E-state index contributed by atoms with van der Waals surface area (Å²) in [5.74, 6) is 0.716. The minimum atomic E-state index is -3.29. The molecule has 1 aromatic heterocycles. The van der Waals surface area contributed by atoms with Crippen LogP contribution in [0.2, 0.25) is 0 Å². The molecule has 0 amide bonds. The molecule has 6 heteroatoms. The monoisotopic (exact) mass is 426 g/mol. The average molecular weight is 427 g/mol. The van der Waals surface area contributed by atoms with Gasteiger partial charge in [-0.2, -0.15) is 0 Å². The van der Waals surface area contributed by atoms with E-state index in [1.54, 1.807) is 32.2 Å². The highest BCUT2D eigenvalue weighted by atomic mass is 32.2. The van der Waals surface area contributed by atoms with Crippen LogP contribution in [0.25, 0.3) is 11.3 Å². The molecule has 30 heavy (non-hydrogen) atoms. The van der Waals surface area contributed by atoms with Crippen LogP contribution in [0.4, 0.5) is 0 Å². The van der Waals surface area contributed by atoms with Gasteiger partial charge >= 0.3 is 0 Å². The van der Waals surface area contributed by atoms with E-state index < -0.39 is 9.84 Å². The number of nitrogens with one attached hydrogen (secondary N) is 1. The highest BCUT2D eigenvalue weighted by Gasteiger charge is 2.17. The number of nitrogens with zero attached hydrogens (tertiary/aromatic N) is 1. The van der Waals surface area contributed by atoms with Gasteiger partial charge in [0.2, 0.25) is 0 Å². The van der Waals surface area contributed by atoms with Gasteiger partial charge in [-0.15, -0.1) is 0 Å². The van der Waals surface area contributed by atoms with Gasteiger partial charge in [0.05, 0.1) is 17.8 Å². The highest BCUT2D eigenvalue weighted by molar-refractivity contribution is 7.91. The predicted octanol–water partition coefficient (Wildman–Crippen LogP) is 4.90. The Labute approximate surface area is 179 Å². The number of hydrogen-bond acceptors (Lipinski definition) is 4. The Morgan fingerprint density at radius 3 is 2.40 bits per heavy atom. The maximum atomic E-state index is 12.3. The number of aromatic amines is 1. The maximum absolute atomic E-state index is 12.3. The Balaban J connectivity index is 1.85. The van der Waals surface area contributed by atoms with Crippen molar-refractivity contribution in [1.82, 2.24) is 9.88 Å². The minimum absolute atomic E-state index is 0.0697. The molecule has 3 rings (SSSR count). The second-order valence-corrected chi connectivity index (χ2v) is 9.64. The third kappa shape index (κ3) is 5.32. The maximum Gasteiger partial charge on any atom is 0.178 e. The van der Waals surface area contributed by atoms with Crippen molar-refractivity contribution in [1.29, 1.82) is 0 Å². The van der Waals surface area contributed by atoms with Crippen molar-refractivity contribution in [3.63, 3.8) is 0 Å². The molecule has 0 atom stereocenters. The van der Waals surface area contributed by atoms with Gasteiger partial charge in [0.25, 0.3) is 0 Å². The molecule has 0 radical (unpaired) electrons. The topological polar surface area (TPSA) is 62.4 Å². The molecule has 2 aromatic carbocycles. The van der Waals surface area contributed by atoms with E-state index in [0.29, 0.717) is 10.6 Å². The van der Waals surface area contributed by atoms with Crippen LogP contribution in [0.5, 0.6) is 5.75 Å². The first-order valence-electron chi connectivity index (χ1n) is 10.3. The lowest BCUT2D eigenvalue weighted by Crippen LogP contribution is -2.23. The zero-order valence-corrected chi connectivity index (χ0v) is 18.7. The van der Waals surface area contributed by atoms with E-state index >= 15 is 0 Å². The SMILES string of the molecule is CCCN(Cc1ccccc1)Cc1ccc(-c2cc(S(=O)(=O)CC)ccc2OC)[nH]1. The molecule has 5 nitrogen and oxygen atoms in total. The lowest BCUT2D eigenvalue weighted by molar-refractivity contribution is 0.255. The summed E-state index contributed by atoms with van der Waals surface area (Å²) in [6, 6.07) is 19.5. The average Bonchev–Trinajstić information content (AvgIpc) is 3.22.